The van der Waals surface area contributed by atoms with Crippen LogP contribution < -0.4 is 10.1 Å². The maximum atomic E-state index is 6.27. The summed E-state index contributed by atoms with van der Waals surface area (Å²) < 4.78 is 11.0. The standard InChI is InChI=1S/C15H23Cl2NO2/c1-4-13(5-2)20-15-11(10-18-6-7-19-3)8-12(16)9-14(15)17/h8-9,13,18H,4-7,10H2,1-3H3. The van der Waals surface area contributed by atoms with Crippen LogP contribution in [-0.2, 0) is 11.3 Å². The van der Waals surface area contributed by atoms with Crippen molar-refractivity contribution in [2.75, 3.05) is 20.3 Å². The summed E-state index contributed by atoms with van der Waals surface area (Å²) in [5, 5.41) is 4.47. The van der Waals surface area contributed by atoms with Crippen LogP contribution in [0.25, 0.3) is 0 Å². The molecule has 1 aromatic rings. The van der Waals surface area contributed by atoms with Gasteiger partial charge in [0, 0.05) is 30.8 Å². The Bertz CT molecular complexity index is 409. The van der Waals surface area contributed by atoms with Crippen molar-refractivity contribution < 1.29 is 9.47 Å². The Morgan fingerprint density at radius 1 is 1.20 bits per heavy atom. The normalized spacial score (nSPS) is 11.1. The second-order valence-electron chi connectivity index (χ2n) is 4.60. The van der Waals surface area contributed by atoms with Crippen LogP contribution in [-0.4, -0.2) is 26.4 Å². The van der Waals surface area contributed by atoms with Gasteiger partial charge >= 0.3 is 0 Å². The molecule has 0 fully saturated rings. The molecule has 0 aromatic heterocycles. The van der Waals surface area contributed by atoms with Crippen molar-refractivity contribution in [2.24, 2.45) is 0 Å². The van der Waals surface area contributed by atoms with Crippen molar-refractivity contribution in [1.82, 2.24) is 5.32 Å². The molecule has 114 valence electrons. The molecule has 0 saturated heterocycles. The number of ether oxygens (including phenoxy) is 2. The van der Waals surface area contributed by atoms with Gasteiger partial charge in [-0.25, -0.2) is 0 Å². The zero-order valence-electron chi connectivity index (χ0n) is 12.3. The summed E-state index contributed by atoms with van der Waals surface area (Å²) in [4.78, 5) is 0. The van der Waals surface area contributed by atoms with Crippen LogP contribution >= 0.6 is 23.2 Å². The van der Waals surface area contributed by atoms with Gasteiger partial charge in [-0.3, -0.25) is 0 Å². The highest BCUT2D eigenvalue weighted by molar-refractivity contribution is 6.35. The van der Waals surface area contributed by atoms with E-state index in [9.17, 15) is 0 Å². The van der Waals surface area contributed by atoms with Gasteiger partial charge in [-0.05, 0) is 25.0 Å². The molecule has 0 spiro atoms. The molecular weight excluding hydrogens is 297 g/mol. The summed E-state index contributed by atoms with van der Waals surface area (Å²) >= 11 is 12.3. The first-order chi connectivity index (χ1) is 9.62. The fourth-order valence-electron chi connectivity index (χ4n) is 1.90. The molecule has 5 heteroatoms. The minimum absolute atomic E-state index is 0.173. The summed E-state index contributed by atoms with van der Waals surface area (Å²) in [5.74, 6) is 0.731. The highest BCUT2D eigenvalue weighted by Gasteiger charge is 2.14. The average molecular weight is 320 g/mol. The number of halogens is 2. The summed E-state index contributed by atoms with van der Waals surface area (Å²) in [7, 11) is 1.68. The predicted octanol–water partition coefficient (Wildman–Crippen LogP) is 4.30. The van der Waals surface area contributed by atoms with Crippen molar-refractivity contribution >= 4 is 23.2 Å². The first-order valence-corrected chi connectivity index (χ1v) is 7.72. The smallest absolute Gasteiger partial charge is 0.142 e. The third kappa shape index (κ3) is 5.49. The Labute approximate surface area is 131 Å². The van der Waals surface area contributed by atoms with Gasteiger partial charge in [0.15, 0.2) is 0 Å². The van der Waals surface area contributed by atoms with E-state index in [0.717, 1.165) is 30.7 Å². The Balaban J connectivity index is 2.83. The summed E-state index contributed by atoms with van der Waals surface area (Å²) in [6.07, 6.45) is 2.07. The van der Waals surface area contributed by atoms with Crippen molar-refractivity contribution in [3.8, 4) is 5.75 Å². The van der Waals surface area contributed by atoms with Crippen LogP contribution in [0.15, 0.2) is 12.1 Å². The van der Waals surface area contributed by atoms with Crippen LogP contribution in [0.2, 0.25) is 10.0 Å². The third-order valence-electron chi connectivity index (χ3n) is 3.08. The van der Waals surface area contributed by atoms with Gasteiger partial charge in [-0.2, -0.15) is 0 Å². The number of benzene rings is 1. The third-order valence-corrected chi connectivity index (χ3v) is 3.58. The van der Waals surface area contributed by atoms with E-state index in [4.69, 9.17) is 32.7 Å². The van der Waals surface area contributed by atoms with Crippen LogP contribution in [0, 0.1) is 0 Å². The number of hydrogen-bond donors (Lipinski definition) is 1. The Kier molecular flexibility index (Phi) is 8.31. The summed E-state index contributed by atoms with van der Waals surface area (Å²) in [6.45, 7) is 6.30. The van der Waals surface area contributed by atoms with Crippen molar-refractivity contribution in [3.05, 3.63) is 27.7 Å². The number of hydrogen-bond acceptors (Lipinski definition) is 3. The topological polar surface area (TPSA) is 30.5 Å². The number of methoxy groups -OCH3 is 1. The fourth-order valence-corrected chi connectivity index (χ4v) is 2.48. The van der Waals surface area contributed by atoms with Crippen molar-refractivity contribution in [2.45, 2.75) is 39.3 Å². The lowest BCUT2D eigenvalue weighted by Crippen LogP contribution is -2.20. The van der Waals surface area contributed by atoms with Gasteiger partial charge in [0.2, 0.25) is 0 Å². The number of nitrogens with one attached hydrogen (secondary N) is 1. The molecule has 0 heterocycles. The van der Waals surface area contributed by atoms with Crippen molar-refractivity contribution in [1.29, 1.82) is 0 Å². The van der Waals surface area contributed by atoms with Gasteiger partial charge < -0.3 is 14.8 Å². The van der Waals surface area contributed by atoms with Crippen LogP contribution in [0.3, 0.4) is 0 Å². The summed E-state index contributed by atoms with van der Waals surface area (Å²) in [5.41, 5.74) is 0.977. The van der Waals surface area contributed by atoms with Gasteiger partial charge in [-0.15, -0.1) is 0 Å². The van der Waals surface area contributed by atoms with Crippen LogP contribution in [0.1, 0.15) is 32.3 Å². The average Bonchev–Trinajstić information content (AvgIpc) is 2.43. The summed E-state index contributed by atoms with van der Waals surface area (Å²) in [6, 6.07) is 3.62. The Hall–Kier alpha value is -0.480. The second kappa shape index (κ2) is 9.46. The van der Waals surface area contributed by atoms with Gasteiger partial charge in [-0.1, -0.05) is 37.0 Å². The second-order valence-corrected chi connectivity index (χ2v) is 5.45. The Morgan fingerprint density at radius 2 is 1.90 bits per heavy atom. The maximum absolute atomic E-state index is 6.27. The lowest BCUT2D eigenvalue weighted by molar-refractivity contribution is 0.189. The molecule has 0 radical (unpaired) electrons. The van der Waals surface area contributed by atoms with E-state index in [1.165, 1.54) is 0 Å². The zero-order valence-corrected chi connectivity index (χ0v) is 13.9. The first kappa shape index (κ1) is 17.6. The molecule has 0 unspecified atom stereocenters. The minimum Gasteiger partial charge on any atom is -0.489 e. The molecule has 0 aliphatic rings. The quantitative estimate of drug-likeness (QED) is 0.688. The molecule has 0 saturated carbocycles. The van der Waals surface area contributed by atoms with E-state index in [-0.39, 0.29) is 6.10 Å². The molecule has 3 nitrogen and oxygen atoms in total. The zero-order chi connectivity index (χ0) is 15.0. The molecule has 0 atom stereocenters. The Morgan fingerprint density at radius 3 is 2.50 bits per heavy atom. The molecule has 1 N–H and O–H groups in total. The molecule has 1 aromatic carbocycles. The molecule has 0 bridgehead atoms. The largest absolute Gasteiger partial charge is 0.489 e. The molecule has 1 rings (SSSR count). The fraction of sp³-hybridized carbons (Fsp3) is 0.600. The minimum atomic E-state index is 0.173. The van der Waals surface area contributed by atoms with E-state index in [1.807, 2.05) is 6.07 Å². The predicted molar refractivity (Wildman–Crippen MR) is 85.0 cm³/mol. The van der Waals surface area contributed by atoms with Gasteiger partial charge in [0.05, 0.1) is 17.7 Å². The molecule has 0 aliphatic carbocycles. The maximum Gasteiger partial charge on any atom is 0.142 e. The molecule has 0 aliphatic heterocycles. The van der Waals surface area contributed by atoms with Gasteiger partial charge in [0.25, 0.3) is 0 Å². The molecular formula is C15H23Cl2NO2. The van der Waals surface area contributed by atoms with E-state index < -0.39 is 0 Å². The highest BCUT2D eigenvalue weighted by Crippen LogP contribution is 2.33. The highest BCUT2D eigenvalue weighted by atomic mass is 35.5. The number of rotatable bonds is 9. The van der Waals surface area contributed by atoms with E-state index in [0.29, 0.717) is 23.2 Å². The molecule has 0 amide bonds. The molecule has 20 heavy (non-hydrogen) atoms. The van der Waals surface area contributed by atoms with Crippen molar-refractivity contribution in [3.63, 3.8) is 0 Å². The SMILES string of the molecule is CCC(CC)Oc1c(Cl)cc(Cl)cc1CNCCOC. The van der Waals surface area contributed by atoms with Gasteiger partial charge in [0.1, 0.15) is 5.75 Å². The van der Waals surface area contributed by atoms with E-state index in [2.05, 4.69) is 19.2 Å². The van der Waals surface area contributed by atoms with E-state index in [1.54, 1.807) is 13.2 Å². The van der Waals surface area contributed by atoms with Crippen LogP contribution in [0.5, 0.6) is 5.75 Å². The monoisotopic (exact) mass is 319 g/mol. The van der Waals surface area contributed by atoms with Crippen LogP contribution in [0.4, 0.5) is 0 Å². The van der Waals surface area contributed by atoms with E-state index >= 15 is 0 Å². The first-order valence-electron chi connectivity index (χ1n) is 6.96. The lowest BCUT2D eigenvalue weighted by Gasteiger charge is -2.20. The lowest BCUT2D eigenvalue weighted by atomic mass is 10.1.